The SMILES string of the molecule is CC(C)[C@H](C)NC(=O)COC(=O)/C=C/c1cccc(Cl)c1. The highest BCUT2D eigenvalue weighted by molar-refractivity contribution is 6.30. The summed E-state index contributed by atoms with van der Waals surface area (Å²) in [5.41, 5.74) is 0.789. The molecule has 0 aliphatic carbocycles. The predicted octanol–water partition coefficient (Wildman–Crippen LogP) is 3.06. The Morgan fingerprint density at radius 1 is 1.33 bits per heavy atom. The summed E-state index contributed by atoms with van der Waals surface area (Å²) in [5, 5.41) is 3.35. The first-order valence-electron chi connectivity index (χ1n) is 6.78. The number of ether oxygens (including phenoxy) is 1. The van der Waals surface area contributed by atoms with E-state index in [-0.39, 0.29) is 18.6 Å². The van der Waals surface area contributed by atoms with Crippen molar-refractivity contribution in [3.63, 3.8) is 0 Å². The van der Waals surface area contributed by atoms with Crippen LogP contribution in [0.25, 0.3) is 6.08 Å². The molecule has 21 heavy (non-hydrogen) atoms. The van der Waals surface area contributed by atoms with Crippen LogP contribution in [-0.4, -0.2) is 24.5 Å². The first kappa shape index (κ1) is 17.2. The van der Waals surface area contributed by atoms with Gasteiger partial charge in [0.15, 0.2) is 6.61 Å². The highest BCUT2D eigenvalue weighted by Crippen LogP contribution is 2.11. The highest BCUT2D eigenvalue weighted by atomic mass is 35.5. The second-order valence-corrected chi connectivity index (χ2v) is 5.53. The van der Waals surface area contributed by atoms with E-state index >= 15 is 0 Å². The molecule has 1 amide bonds. The van der Waals surface area contributed by atoms with Crippen molar-refractivity contribution in [1.82, 2.24) is 5.32 Å². The zero-order valence-electron chi connectivity index (χ0n) is 12.4. The molecule has 5 heteroatoms. The Hall–Kier alpha value is -1.81. The maximum absolute atomic E-state index is 11.6. The van der Waals surface area contributed by atoms with Crippen LogP contribution >= 0.6 is 11.6 Å². The lowest BCUT2D eigenvalue weighted by molar-refractivity contribution is -0.144. The molecule has 0 heterocycles. The number of carbonyl (C=O) groups excluding carboxylic acids is 2. The highest BCUT2D eigenvalue weighted by Gasteiger charge is 2.11. The van der Waals surface area contributed by atoms with Crippen LogP contribution < -0.4 is 5.32 Å². The van der Waals surface area contributed by atoms with Crippen molar-refractivity contribution in [2.75, 3.05) is 6.61 Å². The Morgan fingerprint density at radius 2 is 2.05 bits per heavy atom. The van der Waals surface area contributed by atoms with Crippen LogP contribution in [0.3, 0.4) is 0 Å². The number of amides is 1. The first-order valence-corrected chi connectivity index (χ1v) is 7.16. The van der Waals surface area contributed by atoms with Crippen LogP contribution in [0.2, 0.25) is 5.02 Å². The quantitative estimate of drug-likeness (QED) is 0.649. The van der Waals surface area contributed by atoms with Gasteiger partial charge in [0.05, 0.1) is 0 Å². The predicted molar refractivity (Wildman–Crippen MR) is 83.9 cm³/mol. The smallest absolute Gasteiger partial charge is 0.331 e. The molecule has 0 aliphatic rings. The fourth-order valence-corrected chi connectivity index (χ4v) is 1.62. The van der Waals surface area contributed by atoms with Crippen LogP contribution in [0.1, 0.15) is 26.3 Å². The number of hydrogen-bond donors (Lipinski definition) is 1. The molecule has 0 fully saturated rings. The van der Waals surface area contributed by atoms with Gasteiger partial charge in [-0.3, -0.25) is 4.79 Å². The number of rotatable bonds is 6. The van der Waals surface area contributed by atoms with Crippen LogP contribution in [0.5, 0.6) is 0 Å². The second-order valence-electron chi connectivity index (χ2n) is 5.10. The summed E-state index contributed by atoms with van der Waals surface area (Å²) in [7, 11) is 0. The van der Waals surface area contributed by atoms with Crippen LogP contribution in [-0.2, 0) is 14.3 Å². The van der Waals surface area contributed by atoms with E-state index in [2.05, 4.69) is 5.32 Å². The zero-order chi connectivity index (χ0) is 15.8. The third-order valence-corrected chi connectivity index (χ3v) is 3.23. The Bertz CT molecular complexity index is 526. The number of esters is 1. The zero-order valence-corrected chi connectivity index (χ0v) is 13.2. The molecule has 0 bridgehead atoms. The lowest BCUT2D eigenvalue weighted by Crippen LogP contribution is -2.38. The minimum absolute atomic E-state index is 0.0400. The number of benzene rings is 1. The summed E-state index contributed by atoms with van der Waals surface area (Å²) in [4.78, 5) is 23.1. The summed E-state index contributed by atoms with van der Waals surface area (Å²) in [5.74, 6) is -0.546. The molecule has 1 rings (SSSR count). The van der Waals surface area contributed by atoms with Gasteiger partial charge in [0.2, 0.25) is 0 Å². The molecule has 1 N–H and O–H groups in total. The summed E-state index contributed by atoms with van der Waals surface area (Å²) in [6, 6.07) is 7.11. The van der Waals surface area contributed by atoms with Gasteiger partial charge < -0.3 is 10.1 Å². The average molecular weight is 310 g/mol. The molecule has 0 spiro atoms. The van der Waals surface area contributed by atoms with Gasteiger partial charge in [0.1, 0.15) is 0 Å². The molecule has 0 radical (unpaired) electrons. The van der Waals surface area contributed by atoms with Crippen LogP contribution in [0, 0.1) is 5.92 Å². The lowest BCUT2D eigenvalue weighted by Gasteiger charge is -2.16. The summed E-state index contributed by atoms with van der Waals surface area (Å²) in [6.07, 6.45) is 2.85. The maximum Gasteiger partial charge on any atom is 0.331 e. The third kappa shape index (κ3) is 6.95. The van der Waals surface area contributed by atoms with Crippen molar-refractivity contribution >= 4 is 29.6 Å². The Balaban J connectivity index is 2.39. The van der Waals surface area contributed by atoms with Gasteiger partial charge in [-0.15, -0.1) is 0 Å². The molecule has 0 saturated carbocycles. The van der Waals surface area contributed by atoms with E-state index in [0.29, 0.717) is 10.9 Å². The molecule has 0 aromatic heterocycles. The van der Waals surface area contributed by atoms with E-state index in [0.717, 1.165) is 5.56 Å². The monoisotopic (exact) mass is 309 g/mol. The van der Waals surface area contributed by atoms with Crippen LogP contribution in [0.15, 0.2) is 30.3 Å². The number of carbonyl (C=O) groups is 2. The normalized spacial score (nSPS) is 12.4. The Kier molecular flexibility index (Phi) is 6.96. The molecule has 0 unspecified atom stereocenters. The van der Waals surface area contributed by atoms with Crippen LogP contribution in [0.4, 0.5) is 0 Å². The largest absolute Gasteiger partial charge is 0.452 e. The van der Waals surface area contributed by atoms with Crippen molar-refractivity contribution in [2.45, 2.75) is 26.8 Å². The summed E-state index contributed by atoms with van der Waals surface area (Å²) in [6.45, 7) is 5.63. The van der Waals surface area contributed by atoms with Crippen molar-refractivity contribution < 1.29 is 14.3 Å². The maximum atomic E-state index is 11.6. The minimum Gasteiger partial charge on any atom is -0.452 e. The molecule has 1 atom stereocenters. The number of halogens is 1. The fourth-order valence-electron chi connectivity index (χ4n) is 1.42. The summed E-state index contributed by atoms with van der Waals surface area (Å²) < 4.78 is 4.87. The molecule has 0 saturated heterocycles. The molecular formula is C16H20ClNO3. The summed E-state index contributed by atoms with van der Waals surface area (Å²) >= 11 is 5.83. The average Bonchev–Trinajstić information content (AvgIpc) is 2.42. The first-order chi connectivity index (χ1) is 9.88. The Morgan fingerprint density at radius 3 is 2.67 bits per heavy atom. The van der Waals surface area contributed by atoms with E-state index in [9.17, 15) is 9.59 Å². The topological polar surface area (TPSA) is 55.4 Å². The van der Waals surface area contributed by atoms with Gasteiger partial charge in [-0.2, -0.15) is 0 Å². The molecule has 0 aliphatic heterocycles. The fraction of sp³-hybridized carbons (Fsp3) is 0.375. The van der Waals surface area contributed by atoms with Gasteiger partial charge in [0.25, 0.3) is 5.91 Å². The molecular weight excluding hydrogens is 290 g/mol. The third-order valence-electron chi connectivity index (χ3n) is 2.99. The van der Waals surface area contributed by atoms with Gasteiger partial charge in [-0.1, -0.05) is 37.6 Å². The number of hydrogen-bond acceptors (Lipinski definition) is 3. The van der Waals surface area contributed by atoms with Crippen molar-refractivity contribution in [3.05, 3.63) is 40.9 Å². The number of nitrogens with one attached hydrogen (secondary N) is 1. The van der Waals surface area contributed by atoms with E-state index in [1.54, 1.807) is 24.3 Å². The van der Waals surface area contributed by atoms with Gasteiger partial charge in [-0.05, 0) is 36.6 Å². The molecule has 4 nitrogen and oxygen atoms in total. The van der Waals surface area contributed by atoms with E-state index in [1.807, 2.05) is 26.8 Å². The van der Waals surface area contributed by atoms with E-state index in [1.165, 1.54) is 6.08 Å². The second kappa shape index (κ2) is 8.47. The van der Waals surface area contributed by atoms with Gasteiger partial charge in [-0.25, -0.2) is 4.79 Å². The Labute approximate surface area is 130 Å². The van der Waals surface area contributed by atoms with E-state index < -0.39 is 5.97 Å². The van der Waals surface area contributed by atoms with Gasteiger partial charge >= 0.3 is 5.97 Å². The molecule has 1 aromatic rings. The molecule has 114 valence electrons. The van der Waals surface area contributed by atoms with Gasteiger partial charge in [0, 0.05) is 17.1 Å². The van der Waals surface area contributed by atoms with E-state index in [4.69, 9.17) is 16.3 Å². The minimum atomic E-state index is -0.567. The van der Waals surface area contributed by atoms with Crippen molar-refractivity contribution in [2.24, 2.45) is 5.92 Å². The van der Waals surface area contributed by atoms with Crippen molar-refractivity contribution in [3.8, 4) is 0 Å². The standard InChI is InChI=1S/C16H20ClNO3/c1-11(2)12(3)18-15(19)10-21-16(20)8-7-13-5-4-6-14(17)9-13/h4-9,11-12H,10H2,1-3H3,(H,18,19)/b8-7+/t12-/m0/s1. The lowest BCUT2D eigenvalue weighted by atomic mass is 10.1. The van der Waals surface area contributed by atoms with Crippen molar-refractivity contribution in [1.29, 1.82) is 0 Å². The molecule has 1 aromatic carbocycles.